The normalized spacial score (nSPS) is 30.2. The number of carbonyl (C=O) groups excluding carboxylic acids is 2. The molecule has 2 aliphatic rings. The van der Waals surface area contributed by atoms with Crippen LogP contribution in [0.15, 0.2) is 49.1 Å². The highest BCUT2D eigenvalue weighted by molar-refractivity contribution is 6.06. The number of benzene rings is 1. The Morgan fingerprint density at radius 2 is 1.62 bits per heavy atom. The van der Waals surface area contributed by atoms with Crippen molar-refractivity contribution in [2.24, 2.45) is 23.7 Å². The highest BCUT2D eigenvalue weighted by Gasteiger charge is 2.59. The van der Waals surface area contributed by atoms with Gasteiger partial charge in [-0.1, -0.05) is 48.6 Å². The second-order valence-electron chi connectivity index (χ2n) is 7.80. The van der Waals surface area contributed by atoms with Crippen LogP contribution in [0.4, 0.5) is 0 Å². The van der Waals surface area contributed by atoms with Crippen molar-refractivity contribution in [3.05, 3.63) is 54.6 Å². The number of nitrogens with zero attached hydrogens (tertiary/aromatic N) is 1. The Bertz CT molecular complexity index is 684. The Hall–Kier alpha value is -2.16. The van der Waals surface area contributed by atoms with Crippen molar-refractivity contribution in [2.75, 3.05) is 0 Å². The molecular weight excluding hydrogens is 298 g/mol. The van der Waals surface area contributed by atoms with Crippen LogP contribution in [-0.4, -0.2) is 22.3 Å². The van der Waals surface area contributed by atoms with Crippen molar-refractivity contribution in [1.29, 1.82) is 0 Å². The monoisotopic (exact) mass is 323 g/mol. The third kappa shape index (κ3) is 2.72. The Balaban J connectivity index is 1.91. The Labute approximate surface area is 144 Å². The number of rotatable bonds is 3. The Morgan fingerprint density at radius 3 is 2.17 bits per heavy atom. The van der Waals surface area contributed by atoms with Crippen LogP contribution in [0.2, 0.25) is 0 Å². The maximum absolute atomic E-state index is 13.0. The summed E-state index contributed by atoms with van der Waals surface area (Å²) < 4.78 is 0. The molecule has 126 valence electrons. The molecule has 0 radical (unpaired) electrons. The molecule has 1 aromatic rings. The highest BCUT2D eigenvalue weighted by Crippen LogP contribution is 2.50. The summed E-state index contributed by atoms with van der Waals surface area (Å²) in [5, 5.41) is 0. The fourth-order valence-corrected chi connectivity index (χ4v) is 4.12. The van der Waals surface area contributed by atoms with E-state index < -0.39 is 5.54 Å². The number of hydrogen-bond donors (Lipinski definition) is 0. The molecule has 1 heterocycles. The zero-order chi connectivity index (χ0) is 17.5. The lowest BCUT2D eigenvalue weighted by atomic mass is 9.89. The average molecular weight is 323 g/mol. The van der Waals surface area contributed by atoms with Crippen molar-refractivity contribution in [2.45, 2.75) is 32.7 Å². The molecular formula is C21H25NO2. The first-order valence-electron chi connectivity index (χ1n) is 8.58. The van der Waals surface area contributed by atoms with Gasteiger partial charge in [-0.2, -0.15) is 0 Å². The molecule has 1 saturated heterocycles. The minimum atomic E-state index is -0.474. The third-order valence-electron chi connectivity index (χ3n) is 5.17. The Kier molecular flexibility index (Phi) is 4.20. The van der Waals surface area contributed by atoms with Crippen LogP contribution < -0.4 is 0 Å². The smallest absolute Gasteiger partial charge is 0.234 e. The van der Waals surface area contributed by atoms with E-state index in [0.717, 1.165) is 12.0 Å². The SMILES string of the molecule is C=C[C@@H]1C[C@H](/C=C/c2ccccc2)[C@@H]2C(=O)N(C(C)(C)C)C(=O)[C@@H]21. The van der Waals surface area contributed by atoms with Gasteiger partial charge in [0.1, 0.15) is 0 Å². The van der Waals surface area contributed by atoms with Crippen molar-refractivity contribution < 1.29 is 9.59 Å². The van der Waals surface area contributed by atoms with Gasteiger partial charge in [0.2, 0.25) is 11.8 Å². The van der Waals surface area contributed by atoms with E-state index in [9.17, 15) is 9.59 Å². The second-order valence-corrected chi connectivity index (χ2v) is 7.80. The van der Waals surface area contributed by atoms with Gasteiger partial charge in [0, 0.05) is 5.54 Å². The zero-order valence-electron chi connectivity index (χ0n) is 14.6. The lowest BCUT2D eigenvalue weighted by Gasteiger charge is -2.31. The second kappa shape index (κ2) is 6.04. The van der Waals surface area contributed by atoms with Crippen LogP contribution in [-0.2, 0) is 9.59 Å². The number of likely N-dealkylation sites (tertiary alicyclic amines) is 1. The van der Waals surface area contributed by atoms with Gasteiger partial charge in [-0.3, -0.25) is 14.5 Å². The van der Waals surface area contributed by atoms with Crippen LogP contribution in [0.1, 0.15) is 32.8 Å². The molecule has 24 heavy (non-hydrogen) atoms. The van der Waals surface area contributed by atoms with Crippen molar-refractivity contribution in [1.82, 2.24) is 4.90 Å². The van der Waals surface area contributed by atoms with E-state index in [2.05, 4.69) is 18.7 Å². The zero-order valence-corrected chi connectivity index (χ0v) is 14.6. The molecule has 3 nitrogen and oxygen atoms in total. The molecule has 0 spiro atoms. The topological polar surface area (TPSA) is 37.4 Å². The first-order chi connectivity index (χ1) is 11.3. The van der Waals surface area contributed by atoms with Gasteiger partial charge in [-0.25, -0.2) is 0 Å². The van der Waals surface area contributed by atoms with Crippen LogP contribution in [0.25, 0.3) is 6.08 Å². The van der Waals surface area contributed by atoms with Gasteiger partial charge in [-0.05, 0) is 44.6 Å². The van der Waals surface area contributed by atoms with E-state index in [0.29, 0.717) is 0 Å². The standard InChI is InChI=1S/C21H25NO2/c1-5-15-13-16(12-11-14-9-7-6-8-10-14)18-17(15)19(23)22(20(18)24)21(2,3)4/h5-12,15-18H,1,13H2,2-4H3/b12-11+/t15-,16+,17-,18+/m1/s1. The molecule has 2 amide bonds. The fourth-order valence-electron chi connectivity index (χ4n) is 4.12. The van der Waals surface area contributed by atoms with E-state index in [1.165, 1.54) is 4.90 Å². The average Bonchev–Trinajstić information content (AvgIpc) is 3.03. The van der Waals surface area contributed by atoms with Gasteiger partial charge in [0.25, 0.3) is 0 Å². The summed E-state index contributed by atoms with van der Waals surface area (Å²) in [5.41, 5.74) is 0.637. The predicted octanol–water partition coefficient (Wildman–Crippen LogP) is 3.92. The quantitative estimate of drug-likeness (QED) is 0.624. The van der Waals surface area contributed by atoms with Gasteiger partial charge < -0.3 is 0 Å². The summed E-state index contributed by atoms with van der Waals surface area (Å²) in [7, 11) is 0. The van der Waals surface area contributed by atoms with Crippen LogP contribution in [0, 0.1) is 23.7 Å². The summed E-state index contributed by atoms with van der Waals surface area (Å²) in [6.45, 7) is 9.65. The molecule has 0 aromatic heterocycles. The largest absolute Gasteiger partial charge is 0.277 e. The number of fused-ring (bicyclic) bond motifs is 1. The minimum absolute atomic E-state index is 0.0236. The van der Waals surface area contributed by atoms with Gasteiger partial charge in [0.05, 0.1) is 11.8 Å². The molecule has 3 rings (SSSR count). The molecule has 3 heteroatoms. The van der Waals surface area contributed by atoms with E-state index in [1.807, 2.05) is 57.2 Å². The van der Waals surface area contributed by atoms with Crippen molar-refractivity contribution in [3.63, 3.8) is 0 Å². The molecule has 1 aromatic carbocycles. The number of hydrogen-bond acceptors (Lipinski definition) is 2. The van der Waals surface area contributed by atoms with E-state index >= 15 is 0 Å². The van der Waals surface area contributed by atoms with Crippen molar-refractivity contribution >= 4 is 17.9 Å². The van der Waals surface area contributed by atoms with Crippen molar-refractivity contribution in [3.8, 4) is 0 Å². The highest BCUT2D eigenvalue weighted by atomic mass is 16.2. The molecule has 1 aliphatic heterocycles. The molecule has 0 bridgehead atoms. The molecule has 4 atom stereocenters. The summed E-state index contributed by atoms with van der Waals surface area (Å²) in [4.78, 5) is 27.3. The van der Waals surface area contributed by atoms with Crippen LogP contribution in [0.3, 0.4) is 0 Å². The van der Waals surface area contributed by atoms with Gasteiger partial charge in [0.15, 0.2) is 0 Å². The van der Waals surface area contributed by atoms with E-state index in [4.69, 9.17) is 0 Å². The van der Waals surface area contributed by atoms with Gasteiger partial charge in [-0.15, -0.1) is 6.58 Å². The predicted molar refractivity (Wildman–Crippen MR) is 95.9 cm³/mol. The summed E-state index contributed by atoms with van der Waals surface area (Å²) in [5.74, 6) is -0.395. The van der Waals surface area contributed by atoms with E-state index in [-0.39, 0.29) is 35.5 Å². The summed E-state index contributed by atoms with van der Waals surface area (Å²) in [6.07, 6.45) is 6.83. The molecule has 1 saturated carbocycles. The number of carbonyl (C=O) groups is 2. The van der Waals surface area contributed by atoms with Crippen LogP contribution in [0.5, 0.6) is 0 Å². The maximum atomic E-state index is 13.0. The maximum Gasteiger partial charge on any atom is 0.234 e. The van der Waals surface area contributed by atoms with Crippen LogP contribution >= 0.6 is 0 Å². The lowest BCUT2D eigenvalue weighted by Crippen LogP contribution is -2.47. The summed E-state index contributed by atoms with van der Waals surface area (Å²) in [6, 6.07) is 10.1. The van der Waals surface area contributed by atoms with E-state index in [1.54, 1.807) is 0 Å². The fraction of sp³-hybridized carbons (Fsp3) is 0.429. The lowest BCUT2D eigenvalue weighted by molar-refractivity contribution is -0.146. The molecule has 1 aliphatic carbocycles. The molecule has 0 unspecified atom stereocenters. The first-order valence-corrected chi connectivity index (χ1v) is 8.58. The molecule has 2 fully saturated rings. The first kappa shape index (κ1) is 16.7. The summed E-state index contributed by atoms with van der Waals surface area (Å²) >= 11 is 0. The minimum Gasteiger partial charge on any atom is -0.277 e. The number of amides is 2. The van der Waals surface area contributed by atoms with Gasteiger partial charge >= 0.3 is 0 Å². The molecule has 0 N–H and O–H groups in total. The number of allylic oxidation sites excluding steroid dienone is 2. The third-order valence-corrected chi connectivity index (χ3v) is 5.17. The number of imide groups is 1. The Morgan fingerprint density at radius 1 is 1.04 bits per heavy atom.